The van der Waals surface area contributed by atoms with E-state index in [1.54, 1.807) is 7.11 Å². The van der Waals surface area contributed by atoms with Crippen molar-refractivity contribution in [2.45, 2.75) is 32.9 Å². The van der Waals surface area contributed by atoms with E-state index in [1.807, 2.05) is 18.0 Å². The van der Waals surface area contributed by atoms with Crippen LogP contribution in [0.25, 0.3) is 0 Å². The highest BCUT2D eigenvalue weighted by Gasteiger charge is 2.15. The summed E-state index contributed by atoms with van der Waals surface area (Å²) in [6.45, 7) is 6.82. The monoisotopic (exact) mass is 311 g/mol. The Hall–Kier alpha value is -0.780. The third kappa shape index (κ3) is 5.85. The van der Waals surface area contributed by atoms with Gasteiger partial charge >= 0.3 is 0 Å². The molecule has 1 unspecified atom stereocenters. The number of methoxy groups -OCH3 is 1. The van der Waals surface area contributed by atoms with Crippen LogP contribution < -0.4 is 10.2 Å². The van der Waals surface area contributed by atoms with Crippen molar-refractivity contribution < 1.29 is 4.74 Å². The molecule has 0 aliphatic heterocycles. The van der Waals surface area contributed by atoms with Crippen LogP contribution in [0.1, 0.15) is 24.5 Å². The first-order chi connectivity index (χ1) is 10.1. The summed E-state index contributed by atoms with van der Waals surface area (Å²) < 4.78 is 5.03. The zero-order chi connectivity index (χ0) is 15.7. The van der Waals surface area contributed by atoms with Crippen LogP contribution in [0, 0.1) is 6.92 Å². The number of nitrogens with zero attached hydrogens (tertiary/aromatic N) is 2. The Balaban J connectivity index is 2.68. The molecule has 1 rings (SSSR count). The molecule has 0 saturated heterocycles. The molecule has 1 atom stereocenters. The van der Waals surface area contributed by atoms with Gasteiger partial charge in [0.25, 0.3) is 0 Å². The fourth-order valence-corrected chi connectivity index (χ4v) is 3.21. The number of aryl methyl sites for hydroxylation is 1. The van der Waals surface area contributed by atoms with Gasteiger partial charge in [-0.05, 0) is 36.8 Å². The Morgan fingerprint density at radius 3 is 2.81 bits per heavy atom. The molecule has 0 bridgehead atoms. The molecule has 0 aromatic carbocycles. The molecule has 1 aromatic rings. The lowest BCUT2D eigenvalue weighted by molar-refractivity contribution is 0.199. The Kier molecular flexibility index (Phi) is 8.73. The molecule has 0 spiro atoms. The van der Waals surface area contributed by atoms with Crippen molar-refractivity contribution in [3.63, 3.8) is 0 Å². The van der Waals surface area contributed by atoms with Gasteiger partial charge in [0.15, 0.2) is 0 Å². The van der Waals surface area contributed by atoms with Gasteiger partial charge in [0.2, 0.25) is 0 Å². The lowest BCUT2D eigenvalue weighted by atomic mass is 10.1. The topological polar surface area (TPSA) is 37.4 Å². The predicted molar refractivity (Wildman–Crippen MR) is 93.4 cm³/mol. The summed E-state index contributed by atoms with van der Waals surface area (Å²) in [4.78, 5) is 6.99. The second kappa shape index (κ2) is 10.0. The number of hydrogen-bond acceptors (Lipinski definition) is 5. The fourth-order valence-electron chi connectivity index (χ4n) is 2.37. The van der Waals surface area contributed by atoms with Crippen LogP contribution in [0.15, 0.2) is 12.3 Å². The number of nitrogens with one attached hydrogen (secondary N) is 1. The van der Waals surface area contributed by atoms with Crippen molar-refractivity contribution in [1.82, 2.24) is 10.3 Å². The number of thioether (sulfide) groups is 1. The molecule has 0 saturated carbocycles. The molecular formula is C16H29N3OS. The zero-order valence-electron chi connectivity index (χ0n) is 14.0. The molecule has 4 nitrogen and oxygen atoms in total. The SMILES string of the molecule is CCC(CSC)N(C)c1ncc(CNCCOC)cc1C. The lowest BCUT2D eigenvalue weighted by Gasteiger charge is -2.29. The van der Waals surface area contributed by atoms with Crippen LogP contribution in [-0.2, 0) is 11.3 Å². The highest BCUT2D eigenvalue weighted by Crippen LogP contribution is 2.21. The maximum atomic E-state index is 5.03. The molecule has 0 radical (unpaired) electrons. The van der Waals surface area contributed by atoms with E-state index in [-0.39, 0.29) is 0 Å². The van der Waals surface area contributed by atoms with Crippen molar-refractivity contribution in [1.29, 1.82) is 0 Å². The second-order valence-corrected chi connectivity index (χ2v) is 6.19. The molecular weight excluding hydrogens is 282 g/mol. The van der Waals surface area contributed by atoms with Gasteiger partial charge in [-0.2, -0.15) is 11.8 Å². The number of hydrogen-bond donors (Lipinski definition) is 1. The molecule has 1 aromatic heterocycles. The largest absolute Gasteiger partial charge is 0.383 e. The quantitative estimate of drug-likeness (QED) is 0.673. The van der Waals surface area contributed by atoms with Crippen molar-refractivity contribution in [3.8, 4) is 0 Å². The van der Waals surface area contributed by atoms with Gasteiger partial charge in [-0.15, -0.1) is 0 Å². The van der Waals surface area contributed by atoms with Crippen molar-refractivity contribution in [2.75, 3.05) is 44.2 Å². The van der Waals surface area contributed by atoms with Crippen molar-refractivity contribution >= 4 is 17.6 Å². The molecule has 21 heavy (non-hydrogen) atoms. The van der Waals surface area contributed by atoms with Crippen LogP contribution in [0.3, 0.4) is 0 Å². The highest BCUT2D eigenvalue weighted by atomic mass is 32.2. The molecule has 0 aliphatic rings. The minimum Gasteiger partial charge on any atom is -0.383 e. The summed E-state index contributed by atoms with van der Waals surface area (Å²) in [5, 5.41) is 3.35. The maximum absolute atomic E-state index is 5.03. The third-order valence-corrected chi connectivity index (χ3v) is 4.35. The Morgan fingerprint density at radius 1 is 1.48 bits per heavy atom. The van der Waals surface area contributed by atoms with E-state index in [0.717, 1.165) is 37.7 Å². The first kappa shape index (κ1) is 18.3. The van der Waals surface area contributed by atoms with E-state index in [1.165, 1.54) is 11.1 Å². The average molecular weight is 311 g/mol. The Morgan fingerprint density at radius 2 is 2.24 bits per heavy atom. The zero-order valence-corrected chi connectivity index (χ0v) is 14.8. The summed E-state index contributed by atoms with van der Waals surface area (Å²) in [5.74, 6) is 2.23. The Labute approximate surface area is 133 Å². The van der Waals surface area contributed by atoms with Gasteiger partial charge in [-0.1, -0.05) is 6.92 Å². The van der Waals surface area contributed by atoms with Gasteiger partial charge in [0, 0.05) is 45.2 Å². The molecule has 120 valence electrons. The number of anilines is 1. The first-order valence-electron chi connectivity index (χ1n) is 7.50. The number of aromatic nitrogens is 1. The van der Waals surface area contributed by atoms with Gasteiger partial charge in [-0.25, -0.2) is 4.98 Å². The average Bonchev–Trinajstić information content (AvgIpc) is 2.48. The van der Waals surface area contributed by atoms with E-state index < -0.39 is 0 Å². The predicted octanol–water partition coefficient (Wildman–Crippen LogP) is 2.70. The van der Waals surface area contributed by atoms with Crippen LogP contribution >= 0.6 is 11.8 Å². The standard InChI is InChI=1S/C16H29N3OS/c1-6-15(12-21-5)19(3)16-13(2)9-14(11-18-16)10-17-7-8-20-4/h9,11,15,17H,6-8,10,12H2,1-5H3. The van der Waals surface area contributed by atoms with Crippen LogP contribution in [0.5, 0.6) is 0 Å². The third-order valence-electron chi connectivity index (χ3n) is 3.63. The van der Waals surface area contributed by atoms with Crippen LogP contribution in [-0.4, -0.2) is 50.3 Å². The molecule has 0 aliphatic carbocycles. The normalized spacial score (nSPS) is 12.4. The smallest absolute Gasteiger partial charge is 0.131 e. The van der Waals surface area contributed by atoms with E-state index in [9.17, 15) is 0 Å². The van der Waals surface area contributed by atoms with Gasteiger partial charge in [0.05, 0.1) is 6.61 Å². The molecule has 5 heteroatoms. The van der Waals surface area contributed by atoms with E-state index in [0.29, 0.717) is 6.04 Å². The maximum Gasteiger partial charge on any atom is 0.131 e. The summed E-state index contributed by atoms with van der Waals surface area (Å²) in [6.07, 6.45) is 5.27. The second-order valence-electron chi connectivity index (χ2n) is 5.28. The minimum atomic E-state index is 0.539. The molecule has 0 amide bonds. The van der Waals surface area contributed by atoms with E-state index >= 15 is 0 Å². The van der Waals surface area contributed by atoms with E-state index in [2.05, 4.69) is 48.4 Å². The number of ether oxygens (including phenoxy) is 1. The summed E-state index contributed by atoms with van der Waals surface area (Å²) in [6, 6.07) is 2.77. The summed E-state index contributed by atoms with van der Waals surface area (Å²) in [5.41, 5.74) is 2.46. The van der Waals surface area contributed by atoms with Gasteiger partial charge in [0.1, 0.15) is 5.82 Å². The summed E-state index contributed by atoms with van der Waals surface area (Å²) in [7, 11) is 3.87. The van der Waals surface area contributed by atoms with Crippen LogP contribution in [0.2, 0.25) is 0 Å². The number of rotatable bonds is 10. The Bertz CT molecular complexity index is 415. The molecule has 0 fully saturated rings. The van der Waals surface area contributed by atoms with Crippen LogP contribution in [0.4, 0.5) is 5.82 Å². The minimum absolute atomic E-state index is 0.539. The molecule has 1 N–H and O–H groups in total. The lowest BCUT2D eigenvalue weighted by Crippen LogP contribution is -2.34. The fraction of sp³-hybridized carbons (Fsp3) is 0.688. The molecule has 1 heterocycles. The van der Waals surface area contributed by atoms with Crippen molar-refractivity contribution in [3.05, 3.63) is 23.4 Å². The van der Waals surface area contributed by atoms with Gasteiger partial charge < -0.3 is 15.0 Å². The summed E-state index contributed by atoms with van der Waals surface area (Å²) >= 11 is 1.89. The van der Waals surface area contributed by atoms with Gasteiger partial charge in [-0.3, -0.25) is 0 Å². The number of pyridine rings is 1. The van der Waals surface area contributed by atoms with E-state index in [4.69, 9.17) is 4.74 Å². The highest BCUT2D eigenvalue weighted by molar-refractivity contribution is 7.98. The first-order valence-corrected chi connectivity index (χ1v) is 8.90. The van der Waals surface area contributed by atoms with Crippen molar-refractivity contribution in [2.24, 2.45) is 0 Å².